The highest BCUT2D eigenvalue weighted by molar-refractivity contribution is 6.00. The average Bonchev–Trinajstić information content (AvgIpc) is 3.14. The first-order valence-corrected chi connectivity index (χ1v) is 9.81. The predicted octanol–water partition coefficient (Wildman–Crippen LogP) is 2.99. The van der Waals surface area contributed by atoms with Crippen LogP contribution in [0.2, 0.25) is 0 Å². The van der Waals surface area contributed by atoms with Crippen molar-refractivity contribution in [2.75, 3.05) is 24.8 Å². The summed E-state index contributed by atoms with van der Waals surface area (Å²) in [6, 6.07) is 9.76. The average molecular weight is 396 g/mol. The Morgan fingerprint density at radius 1 is 1.07 bits per heavy atom. The number of likely N-dealkylation sites (tertiary alicyclic amines) is 1. The molecular formula is C22H21FN2O4. The molecule has 0 saturated carbocycles. The number of anilines is 1. The van der Waals surface area contributed by atoms with Gasteiger partial charge in [-0.2, -0.15) is 0 Å². The van der Waals surface area contributed by atoms with Gasteiger partial charge in [0, 0.05) is 30.4 Å². The zero-order chi connectivity index (χ0) is 20.1. The highest BCUT2D eigenvalue weighted by Crippen LogP contribution is 2.35. The predicted molar refractivity (Wildman–Crippen MR) is 104 cm³/mol. The first kappa shape index (κ1) is 18.0. The van der Waals surface area contributed by atoms with E-state index in [0.29, 0.717) is 30.2 Å². The Hall–Kier alpha value is -3.09. The fraction of sp³-hybridized carbons (Fsp3) is 0.364. The molecule has 150 valence electrons. The van der Waals surface area contributed by atoms with E-state index in [2.05, 4.69) is 0 Å². The zero-order valence-corrected chi connectivity index (χ0v) is 16.1. The van der Waals surface area contributed by atoms with Gasteiger partial charge in [-0.15, -0.1) is 0 Å². The molecule has 1 saturated heterocycles. The number of nitrogens with zero attached hydrogens (tertiary/aromatic N) is 2. The molecule has 3 heterocycles. The molecule has 1 fully saturated rings. The van der Waals surface area contributed by atoms with Crippen molar-refractivity contribution < 1.29 is 23.5 Å². The van der Waals surface area contributed by atoms with Gasteiger partial charge in [0.15, 0.2) is 11.5 Å². The van der Waals surface area contributed by atoms with E-state index in [4.69, 9.17) is 9.47 Å². The maximum Gasteiger partial charge on any atom is 0.254 e. The monoisotopic (exact) mass is 396 g/mol. The maximum atomic E-state index is 13.6. The van der Waals surface area contributed by atoms with Gasteiger partial charge in [0.05, 0.1) is 5.92 Å². The van der Waals surface area contributed by atoms with Crippen LogP contribution in [-0.4, -0.2) is 42.6 Å². The zero-order valence-electron chi connectivity index (χ0n) is 16.1. The highest BCUT2D eigenvalue weighted by Gasteiger charge is 2.41. The third-order valence-corrected chi connectivity index (χ3v) is 5.95. The van der Waals surface area contributed by atoms with E-state index in [0.717, 1.165) is 24.1 Å². The molecule has 0 aromatic heterocycles. The summed E-state index contributed by atoms with van der Waals surface area (Å²) in [4.78, 5) is 29.3. The Kier molecular flexibility index (Phi) is 4.19. The molecule has 0 radical (unpaired) electrons. The van der Waals surface area contributed by atoms with Crippen LogP contribution < -0.4 is 14.4 Å². The number of carbonyl (C=O) groups is 2. The lowest BCUT2D eigenvalue weighted by Gasteiger charge is -2.43. The van der Waals surface area contributed by atoms with Crippen LogP contribution in [0.1, 0.15) is 29.3 Å². The lowest BCUT2D eigenvalue weighted by atomic mass is 9.91. The van der Waals surface area contributed by atoms with Crippen LogP contribution in [0.5, 0.6) is 11.5 Å². The van der Waals surface area contributed by atoms with Crippen LogP contribution in [0.3, 0.4) is 0 Å². The Bertz CT molecular complexity index is 1000. The molecular weight excluding hydrogens is 375 g/mol. The van der Waals surface area contributed by atoms with Crippen molar-refractivity contribution >= 4 is 17.5 Å². The summed E-state index contributed by atoms with van der Waals surface area (Å²) >= 11 is 0. The summed E-state index contributed by atoms with van der Waals surface area (Å²) in [6.45, 7) is 2.93. The van der Waals surface area contributed by atoms with Gasteiger partial charge in [0.25, 0.3) is 5.91 Å². The number of fused-ring (bicyclic) bond motifs is 2. The van der Waals surface area contributed by atoms with Crippen LogP contribution >= 0.6 is 0 Å². The molecule has 29 heavy (non-hydrogen) atoms. The number of halogens is 1. The second kappa shape index (κ2) is 6.76. The van der Waals surface area contributed by atoms with Gasteiger partial charge in [-0.1, -0.05) is 0 Å². The molecule has 0 N–H and O–H groups in total. The summed E-state index contributed by atoms with van der Waals surface area (Å²) in [5, 5.41) is 0. The molecule has 7 heteroatoms. The van der Waals surface area contributed by atoms with E-state index in [-0.39, 0.29) is 36.4 Å². The smallest absolute Gasteiger partial charge is 0.254 e. The van der Waals surface area contributed by atoms with Gasteiger partial charge < -0.3 is 19.3 Å². The minimum absolute atomic E-state index is 0.000190. The van der Waals surface area contributed by atoms with Crippen molar-refractivity contribution in [3.63, 3.8) is 0 Å². The van der Waals surface area contributed by atoms with E-state index >= 15 is 0 Å². The van der Waals surface area contributed by atoms with Crippen molar-refractivity contribution in [3.05, 3.63) is 53.3 Å². The van der Waals surface area contributed by atoms with E-state index in [1.807, 2.05) is 6.92 Å². The van der Waals surface area contributed by atoms with Gasteiger partial charge in [-0.3, -0.25) is 9.59 Å². The Labute approximate surface area is 167 Å². The molecule has 6 nitrogen and oxygen atoms in total. The van der Waals surface area contributed by atoms with Crippen molar-refractivity contribution in [3.8, 4) is 11.5 Å². The first-order chi connectivity index (χ1) is 14.0. The van der Waals surface area contributed by atoms with Crippen LogP contribution in [0.15, 0.2) is 36.4 Å². The second-order valence-corrected chi connectivity index (χ2v) is 7.84. The summed E-state index contributed by atoms with van der Waals surface area (Å²) in [7, 11) is 0. The number of hydrogen-bond donors (Lipinski definition) is 0. The first-order valence-electron chi connectivity index (χ1n) is 9.81. The molecule has 5 rings (SSSR count). The third-order valence-electron chi connectivity index (χ3n) is 5.95. The van der Waals surface area contributed by atoms with E-state index < -0.39 is 0 Å². The molecule has 3 aliphatic rings. The van der Waals surface area contributed by atoms with Crippen molar-refractivity contribution in [2.45, 2.75) is 25.8 Å². The number of ether oxygens (including phenoxy) is 2. The molecule has 2 aromatic carbocycles. The quantitative estimate of drug-likeness (QED) is 0.783. The fourth-order valence-electron chi connectivity index (χ4n) is 4.27. The Morgan fingerprint density at radius 3 is 2.69 bits per heavy atom. The van der Waals surface area contributed by atoms with Crippen molar-refractivity contribution in [1.82, 2.24) is 4.90 Å². The number of amides is 2. The number of carbonyl (C=O) groups excluding carboxylic acids is 2. The number of benzene rings is 2. The molecule has 3 aliphatic heterocycles. The molecule has 0 aliphatic carbocycles. The third kappa shape index (κ3) is 3.01. The van der Waals surface area contributed by atoms with Gasteiger partial charge in [0.1, 0.15) is 5.82 Å². The van der Waals surface area contributed by atoms with Gasteiger partial charge in [-0.25, -0.2) is 4.39 Å². The lowest BCUT2D eigenvalue weighted by Crippen LogP contribution is -2.58. The van der Waals surface area contributed by atoms with Crippen LogP contribution in [0.4, 0.5) is 10.1 Å². The molecule has 2 amide bonds. The number of rotatable bonds is 2. The second-order valence-electron chi connectivity index (χ2n) is 7.84. The largest absolute Gasteiger partial charge is 0.454 e. The van der Waals surface area contributed by atoms with Gasteiger partial charge in [0.2, 0.25) is 12.7 Å². The minimum atomic E-state index is -0.283. The topological polar surface area (TPSA) is 59.1 Å². The molecule has 1 atom stereocenters. The standard InChI is InChI=1S/C22H21FN2O4/c1-13-2-3-14-8-17(23)5-6-18(14)25(13)22(27)16-10-24(11-16)21(26)15-4-7-19-20(9-15)29-12-28-19/h4-9,13,16H,2-3,10-12H2,1H3/t13-/m0/s1. The summed E-state index contributed by atoms with van der Waals surface area (Å²) in [6.07, 6.45) is 1.56. The van der Waals surface area contributed by atoms with Crippen LogP contribution in [0.25, 0.3) is 0 Å². The Balaban J connectivity index is 1.28. The summed E-state index contributed by atoms with van der Waals surface area (Å²) in [5.74, 6) is 0.546. The normalized spacial score (nSPS) is 20.3. The number of hydrogen-bond acceptors (Lipinski definition) is 4. The fourth-order valence-corrected chi connectivity index (χ4v) is 4.27. The van der Waals surface area contributed by atoms with E-state index in [1.165, 1.54) is 12.1 Å². The molecule has 0 spiro atoms. The summed E-state index contributed by atoms with van der Waals surface area (Å²) < 4.78 is 24.2. The molecule has 0 unspecified atom stereocenters. The SMILES string of the molecule is C[C@H]1CCc2cc(F)ccc2N1C(=O)C1CN(C(=O)c2ccc3c(c2)OCO3)C1. The van der Waals surface area contributed by atoms with E-state index in [9.17, 15) is 14.0 Å². The van der Waals surface area contributed by atoms with E-state index in [1.54, 1.807) is 34.1 Å². The van der Waals surface area contributed by atoms with Gasteiger partial charge >= 0.3 is 0 Å². The van der Waals surface area contributed by atoms with Crippen molar-refractivity contribution in [1.29, 1.82) is 0 Å². The Morgan fingerprint density at radius 2 is 1.86 bits per heavy atom. The summed E-state index contributed by atoms with van der Waals surface area (Å²) in [5.41, 5.74) is 2.17. The minimum Gasteiger partial charge on any atom is -0.454 e. The number of aryl methyl sites for hydroxylation is 1. The van der Waals surface area contributed by atoms with Crippen molar-refractivity contribution in [2.24, 2.45) is 5.92 Å². The molecule has 2 aromatic rings. The maximum absolute atomic E-state index is 13.6. The van der Waals surface area contributed by atoms with Crippen LogP contribution in [-0.2, 0) is 11.2 Å². The van der Waals surface area contributed by atoms with Gasteiger partial charge in [-0.05, 0) is 61.7 Å². The lowest BCUT2D eigenvalue weighted by molar-refractivity contribution is -0.126. The highest BCUT2D eigenvalue weighted by atomic mass is 19.1. The van der Waals surface area contributed by atoms with Crippen LogP contribution in [0, 0.1) is 11.7 Å². The molecule has 0 bridgehead atoms.